The summed E-state index contributed by atoms with van der Waals surface area (Å²) in [5.41, 5.74) is 1.39. The van der Waals surface area contributed by atoms with Crippen LogP contribution in [0.25, 0.3) is 0 Å². The molecule has 190 valence electrons. The monoisotopic (exact) mass is 470 g/mol. The van der Waals surface area contributed by atoms with E-state index in [0.717, 1.165) is 38.5 Å². The highest BCUT2D eigenvalue weighted by atomic mass is 16.3. The lowest BCUT2D eigenvalue weighted by Gasteiger charge is -2.69. The summed E-state index contributed by atoms with van der Waals surface area (Å²) in [4.78, 5) is 13.0. The van der Waals surface area contributed by atoms with E-state index in [4.69, 9.17) is 0 Å². The number of allylic oxidation sites excluding steroid dienone is 3. The Kier molecular flexibility index (Phi) is 5.30. The molecule has 5 aliphatic carbocycles. The van der Waals surface area contributed by atoms with Crippen LogP contribution in [0.5, 0.6) is 0 Å². The maximum absolute atomic E-state index is 13.0. The summed E-state index contributed by atoms with van der Waals surface area (Å²) in [6, 6.07) is 0. The van der Waals surface area contributed by atoms with E-state index in [9.17, 15) is 20.1 Å². The molecule has 0 heterocycles. The van der Waals surface area contributed by atoms with Crippen molar-refractivity contribution < 1.29 is 20.1 Å². The van der Waals surface area contributed by atoms with Crippen LogP contribution in [0, 0.1) is 44.3 Å². The van der Waals surface area contributed by atoms with Gasteiger partial charge < -0.3 is 15.3 Å². The first-order valence-electron chi connectivity index (χ1n) is 13.6. The van der Waals surface area contributed by atoms with Crippen molar-refractivity contribution in [2.75, 3.05) is 13.2 Å². The topological polar surface area (TPSA) is 77.8 Å². The van der Waals surface area contributed by atoms with Gasteiger partial charge in [0.05, 0.1) is 24.7 Å². The molecule has 8 atom stereocenters. The zero-order valence-electron chi connectivity index (χ0n) is 22.2. The molecule has 0 aromatic heterocycles. The van der Waals surface area contributed by atoms with E-state index >= 15 is 0 Å². The van der Waals surface area contributed by atoms with Gasteiger partial charge in [0.1, 0.15) is 5.78 Å². The van der Waals surface area contributed by atoms with E-state index in [1.54, 1.807) is 0 Å². The quantitative estimate of drug-likeness (QED) is 0.517. The van der Waals surface area contributed by atoms with Gasteiger partial charge in [0.25, 0.3) is 0 Å². The molecular weight excluding hydrogens is 424 g/mol. The second kappa shape index (κ2) is 7.29. The van der Waals surface area contributed by atoms with E-state index in [1.165, 1.54) is 11.1 Å². The van der Waals surface area contributed by atoms with Crippen molar-refractivity contribution in [1.82, 2.24) is 0 Å². The van der Waals surface area contributed by atoms with Crippen LogP contribution in [0.2, 0.25) is 0 Å². The van der Waals surface area contributed by atoms with Gasteiger partial charge in [-0.15, -0.1) is 0 Å². The molecule has 0 aromatic rings. The van der Waals surface area contributed by atoms with Crippen molar-refractivity contribution in [3.63, 3.8) is 0 Å². The van der Waals surface area contributed by atoms with Gasteiger partial charge in [0, 0.05) is 17.3 Å². The van der Waals surface area contributed by atoms with Crippen LogP contribution in [-0.4, -0.2) is 40.4 Å². The number of rotatable bonds is 2. The molecule has 0 bridgehead atoms. The Morgan fingerprint density at radius 1 is 0.971 bits per heavy atom. The summed E-state index contributed by atoms with van der Waals surface area (Å²) in [6.45, 7) is 13.8. The number of carbonyl (C=O) groups is 1. The molecule has 0 aliphatic heterocycles. The van der Waals surface area contributed by atoms with Crippen molar-refractivity contribution >= 4 is 5.78 Å². The number of carbonyl (C=O) groups excluding carboxylic acids is 1. The zero-order chi connectivity index (χ0) is 24.9. The molecule has 5 aliphatic rings. The van der Waals surface area contributed by atoms with Gasteiger partial charge in [-0.05, 0) is 78.6 Å². The lowest BCUT2D eigenvalue weighted by atomic mass is 9.35. The molecule has 4 nitrogen and oxygen atoms in total. The van der Waals surface area contributed by atoms with Crippen LogP contribution in [0.1, 0.15) is 92.9 Å². The Balaban J connectivity index is 1.68. The van der Waals surface area contributed by atoms with Gasteiger partial charge >= 0.3 is 0 Å². The molecule has 5 rings (SSSR count). The minimum absolute atomic E-state index is 0.0178. The molecule has 3 fully saturated rings. The molecule has 0 radical (unpaired) electrons. The van der Waals surface area contributed by atoms with Gasteiger partial charge in [-0.25, -0.2) is 0 Å². The average Bonchev–Trinajstić information content (AvgIpc) is 2.77. The number of hydrogen-bond donors (Lipinski definition) is 3. The highest BCUT2D eigenvalue weighted by Gasteiger charge is 2.68. The van der Waals surface area contributed by atoms with Crippen molar-refractivity contribution in [2.45, 2.75) is 99.0 Å². The van der Waals surface area contributed by atoms with Crippen molar-refractivity contribution in [1.29, 1.82) is 0 Å². The highest BCUT2D eigenvalue weighted by Crippen LogP contribution is 2.73. The smallest absolute Gasteiger partial charge is 0.141 e. The predicted octanol–water partition coefficient (Wildman–Crippen LogP) is 5.21. The van der Waals surface area contributed by atoms with Crippen molar-refractivity contribution in [2.24, 2.45) is 44.3 Å². The third kappa shape index (κ3) is 2.80. The van der Waals surface area contributed by atoms with Crippen LogP contribution in [0.15, 0.2) is 23.3 Å². The molecule has 4 heteroatoms. The molecule has 0 unspecified atom stereocenters. The maximum atomic E-state index is 13.0. The van der Waals surface area contributed by atoms with Crippen molar-refractivity contribution in [3.8, 4) is 0 Å². The minimum Gasteiger partial charge on any atom is -0.395 e. The summed E-state index contributed by atoms with van der Waals surface area (Å²) in [5.74, 6) is 0.683. The van der Waals surface area contributed by atoms with E-state index in [-0.39, 0.29) is 52.5 Å². The van der Waals surface area contributed by atoms with Crippen LogP contribution >= 0.6 is 0 Å². The number of aliphatic hydroxyl groups is 3. The van der Waals surface area contributed by atoms with Crippen LogP contribution in [0.3, 0.4) is 0 Å². The third-order valence-electron chi connectivity index (χ3n) is 12.4. The molecule has 3 N–H and O–H groups in total. The molecule has 34 heavy (non-hydrogen) atoms. The summed E-state index contributed by atoms with van der Waals surface area (Å²) in [5, 5.41) is 32.6. The molecule has 0 spiro atoms. The summed E-state index contributed by atoms with van der Waals surface area (Å²) >= 11 is 0. The van der Waals surface area contributed by atoms with Crippen LogP contribution < -0.4 is 0 Å². The fourth-order valence-corrected chi connectivity index (χ4v) is 9.87. The summed E-state index contributed by atoms with van der Waals surface area (Å²) in [7, 11) is 0. The Labute approximate surface area is 205 Å². The number of Topliss-reactive ketones (excluding diaryl/α,β-unsaturated/α-hetero) is 1. The SMILES string of the molecule is CC1(C)CC[C@@]2(CO)C(=C3C=C[C@@H]4[C@@]5(C)CCC(=O)[C@@](C)(CO)[C@@H]5CC[C@@]4(C)[C@]3(C)C[C@H]2O)C1. The van der Waals surface area contributed by atoms with E-state index in [1.807, 2.05) is 6.92 Å². The van der Waals surface area contributed by atoms with Gasteiger partial charge in [0.2, 0.25) is 0 Å². The lowest BCUT2D eigenvalue weighted by molar-refractivity contribution is -0.180. The first-order chi connectivity index (χ1) is 15.7. The second-order valence-electron chi connectivity index (χ2n) is 14.4. The highest BCUT2D eigenvalue weighted by molar-refractivity contribution is 5.86. The Bertz CT molecular complexity index is 963. The normalized spacial score (nSPS) is 51.9. The minimum atomic E-state index is -0.659. The first kappa shape index (κ1) is 24.7. The maximum Gasteiger partial charge on any atom is 0.141 e. The average molecular weight is 471 g/mol. The Hall–Kier alpha value is -0.970. The third-order valence-corrected chi connectivity index (χ3v) is 12.4. The lowest BCUT2D eigenvalue weighted by Crippen LogP contribution is -2.65. The Morgan fingerprint density at radius 3 is 2.32 bits per heavy atom. The van der Waals surface area contributed by atoms with Gasteiger partial charge in [-0.3, -0.25) is 4.79 Å². The molecule has 3 saturated carbocycles. The van der Waals surface area contributed by atoms with Crippen LogP contribution in [-0.2, 0) is 4.79 Å². The molecule has 0 amide bonds. The fourth-order valence-electron chi connectivity index (χ4n) is 9.87. The second-order valence-corrected chi connectivity index (χ2v) is 14.4. The predicted molar refractivity (Wildman–Crippen MR) is 134 cm³/mol. The van der Waals surface area contributed by atoms with Gasteiger partial charge in [-0.2, -0.15) is 0 Å². The van der Waals surface area contributed by atoms with E-state index in [0.29, 0.717) is 12.8 Å². The number of hydrogen-bond acceptors (Lipinski definition) is 4. The number of ketones is 1. The van der Waals surface area contributed by atoms with E-state index in [2.05, 4.69) is 46.8 Å². The number of fused-ring (bicyclic) bond motifs is 6. The summed E-state index contributed by atoms with van der Waals surface area (Å²) < 4.78 is 0. The standard InChI is InChI=1S/C30H46O4/c1-25(2)13-14-30(18-32)20(15-25)19-7-8-22-26(3)11-10-23(33)27(4,17-31)21(26)9-12-28(22,5)29(19,6)16-24(30)34/h7-8,21-22,24,31-32,34H,9-18H2,1-6H3/t21-,22-,24-,26+,27+,28-,29-,30-/m1/s1. The van der Waals surface area contributed by atoms with E-state index < -0.39 is 16.9 Å². The molecule has 0 saturated heterocycles. The first-order valence-corrected chi connectivity index (χ1v) is 13.6. The van der Waals surface area contributed by atoms with Crippen molar-refractivity contribution in [3.05, 3.63) is 23.3 Å². The van der Waals surface area contributed by atoms with Gasteiger partial charge in [-0.1, -0.05) is 59.3 Å². The fraction of sp³-hybridized carbons (Fsp3) is 0.833. The summed E-state index contributed by atoms with van der Waals surface area (Å²) in [6.07, 6.45) is 11.1. The number of aliphatic hydroxyl groups excluding tert-OH is 3. The Morgan fingerprint density at radius 2 is 1.68 bits per heavy atom. The van der Waals surface area contributed by atoms with Gasteiger partial charge in [0.15, 0.2) is 0 Å². The largest absolute Gasteiger partial charge is 0.395 e. The van der Waals surface area contributed by atoms with Crippen LogP contribution in [0.4, 0.5) is 0 Å². The molecular formula is C30H46O4. The molecule has 0 aromatic carbocycles. The zero-order valence-corrected chi connectivity index (χ0v) is 22.2.